The van der Waals surface area contributed by atoms with Gasteiger partial charge in [-0.3, -0.25) is 14.5 Å². The number of halogens is 1. The molecule has 9 heteroatoms. The quantitative estimate of drug-likeness (QED) is 0.780. The second-order valence-electron chi connectivity index (χ2n) is 7.18. The van der Waals surface area contributed by atoms with E-state index in [0.29, 0.717) is 30.1 Å². The Hall–Kier alpha value is -1.64. The molecule has 1 aromatic carbocycles. The van der Waals surface area contributed by atoms with E-state index in [9.17, 15) is 18.0 Å². The van der Waals surface area contributed by atoms with E-state index in [1.165, 1.54) is 0 Å². The van der Waals surface area contributed by atoms with Crippen LogP contribution in [0.1, 0.15) is 19.3 Å². The van der Waals surface area contributed by atoms with Crippen molar-refractivity contribution in [2.75, 3.05) is 36.5 Å². The molecule has 1 N–H and O–H groups in total. The summed E-state index contributed by atoms with van der Waals surface area (Å²) < 4.78 is 23.2. The largest absolute Gasteiger partial charge is 0.343 e. The summed E-state index contributed by atoms with van der Waals surface area (Å²) in [6.07, 6.45) is 1.88. The molecule has 0 saturated carbocycles. The Kier molecular flexibility index (Phi) is 6.08. The van der Waals surface area contributed by atoms with Gasteiger partial charge in [0.15, 0.2) is 9.84 Å². The predicted molar refractivity (Wildman–Crippen MR) is 105 cm³/mol. The van der Waals surface area contributed by atoms with Gasteiger partial charge in [-0.25, -0.2) is 8.42 Å². The minimum Gasteiger partial charge on any atom is -0.343 e. The minimum atomic E-state index is -3.00. The van der Waals surface area contributed by atoms with Crippen LogP contribution in [0.2, 0.25) is 5.02 Å². The molecule has 3 rings (SSSR count). The zero-order chi connectivity index (χ0) is 19.6. The van der Waals surface area contributed by atoms with Gasteiger partial charge in [0.1, 0.15) is 6.04 Å². The molecule has 2 saturated heterocycles. The number of amides is 2. The summed E-state index contributed by atoms with van der Waals surface area (Å²) in [5.41, 5.74) is 0.649. The third kappa shape index (κ3) is 4.80. The average molecular weight is 414 g/mol. The molecular weight excluding hydrogens is 390 g/mol. The fourth-order valence-electron chi connectivity index (χ4n) is 3.64. The van der Waals surface area contributed by atoms with Crippen molar-refractivity contribution in [3.63, 3.8) is 0 Å². The van der Waals surface area contributed by atoms with Crippen molar-refractivity contribution in [3.8, 4) is 0 Å². The number of nitrogens with zero attached hydrogens (tertiary/aromatic N) is 2. The second-order valence-corrected chi connectivity index (χ2v) is 9.81. The highest BCUT2D eigenvalue weighted by molar-refractivity contribution is 7.91. The number of para-hydroxylation sites is 1. The lowest BCUT2D eigenvalue weighted by Gasteiger charge is -2.33. The summed E-state index contributed by atoms with van der Waals surface area (Å²) in [6.45, 7) is 0.630. The maximum Gasteiger partial charge on any atom is 0.249 e. The SMILES string of the molecule is CN(CC(=O)N[C@H]1CCCN(c2ccccc2Cl)C1=O)[C@@H]1CCS(=O)(=O)C1. The molecule has 0 radical (unpaired) electrons. The Labute approximate surface area is 164 Å². The van der Waals surface area contributed by atoms with Gasteiger partial charge in [0.2, 0.25) is 11.8 Å². The minimum absolute atomic E-state index is 0.0655. The first-order valence-electron chi connectivity index (χ1n) is 9.03. The topological polar surface area (TPSA) is 86.8 Å². The third-order valence-electron chi connectivity index (χ3n) is 5.14. The van der Waals surface area contributed by atoms with Gasteiger partial charge >= 0.3 is 0 Å². The number of carbonyl (C=O) groups excluding carboxylic acids is 2. The van der Waals surface area contributed by atoms with E-state index in [2.05, 4.69) is 5.32 Å². The average Bonchev–Trinajstić information content (AvgIpc) is 2.98. The third-order valence-corrected chi connectivity index (χ3v) is 7.21. The highest BCUT2D eigenvalue weighted by Gasteiger charge is 2.34. The van der Waals surface area contributed by atoms with Crippen molar-refractivity contribution in [1.82, 2.24) is 10.2 Å². The molecule has 2 atom stereocenters. The molecule has 0 unspecified atom stereocenters. The van der Waals surface area contributed by atoms with Crippen molar-refractivity contribution in [2.24, 2.45) is 0 Å². The molecule has 2 amide bonds. The Bertz CT molecular complexity index is 830. The van der Waals surface area contributed by atoms with E-state index in [4.69, 9.17) is 11.6 Å². The van der Waals surface area contributed by atoms with E-state index in [1.807, 2.05) is 6.07 Å². The zero-order valence-electron chi connectivity index (χ0n) is 15.2. The van der Waals surface area contributed by atoms with E-state index in [1.54, 1.807) is 35.0 Å². The molecule has 148 valence electrons. The normalized spacial score (nSPS) is 25.0. The Balaban J connectivity index is 1.59. The number of benzene rings is 1. The fourth-order valence-corrected chi connectivity index (χ4v) is 5.68. The Morgan fingerprint density at radius 2 is 2.07 bits per heavy atom. The smallest absolute Gasteiger partial charge is 0.249 e. The van der Waals surface area contributed by atoms with Crippen LogP contribution < -0.4 is 10.2 Å². The summed E-state index contributed by atoms with van der Waals surface area (Å²) in [4.78, 5) is 28.6. The summed E-state index contributed by atoms with van der Waals surface area (Å²) in [5, 5.41) is 3.30. The van der Waals surface area contributed by atoms with Gasteiger partial charge < -0.3 is 10.2 Å². The molecule has 2 aliphatic rings. The van der Waals surface area contributed by atoms with E-state index >= 15 is 0 Å². The van der Waals surface area contributed by atoms with Crippen LogP contribution in [-0.4, -0.2) is 68.9 Å². The van der Waals surface area contributed by atoms with Crippen LogP contribution >= 0.6 is 11.6 Å². The molecule has 2 heterocycles. The van der Waals surface area contributed by atoms with Gasteiger partial charge in [-0.2, -0.15) is 0 Å². The lowest BCUT2D eigenvalue weighted by atomic mass is 10.0. The molecule has 27 heavy (non-hydrogen) atoms. The van der Waals surface area contributed by atoms with Crippen LogP contribution in [0.3, 0.4) is 0 Å². The van der Waals surface area contributed by atoms with Gasteiger partial charge in [-0.1, -0.05) is 23.7 Å². The standard InChI is InChI=1S/C18H24ClN3O4S/c1-21(13-8-10-27(25,26)12-13)11-17(23)20-15-6-4-9-22(18(15)24)16-7-3-2-5-14(16)19/h2-3,5,7,13,15H,4,6,8-12H2,1H3,(H,20,23)/t13-,15+/m1/s1. The number of nitrogens with one attached hydrogen (secondary N) is 1. The molecule has 0 spiro atoms. The monoisotopic (exact) mass is 413 g/mol. The highest BCUT2D eigenvalue weighted by Crippen LogP contribution is 2.28. The van der Waals surface area contributed by atoms with Crippen molar-refractivity contribution in [3.05, 3.63) is 29.3 Å². The maximum absolute atomic E-state index is 12.8. The summed E-state index contributed by atoms with van der Waals surface area (Å²) in [7, 11) is -1.26. The van der Waals surface area contributed by atoms with Crippen LogP contribution in [0, 0.1) is 0 Å². The van der Waals surface area contributed by atoms with Gasteiger partial charge in [0, 0.05) is 12.6 Å². The first-order valence-corrected chi connectivity index (χ1v) is 11.2. The van der Waals surface area contributed by atoms with Crippen LogP contribution in [0.5, 0.6) is 0 Å². The summed E-state index contributed by atoms with van der Waals surface area (Å²) >= 11 is 6.20. The number of carbonyl (C=O) groups is 2. The van der Waals surface area contributed by atoms with Crippen LogP contribution in [0.15, 0.2) is 24.3 Å². The molecule has 0 bridgehead atoms. The maximum atomic E-state index is 12.8. The zero-order valence-corrected chi connectivity index (χ0v) is 16.8. The predicted octanol–water partition coefficient (Wildman–Crippen LogP) is 1.07. The van der Waals surface area contributed by atoms with E-state index in [0.717, 1.165) is 6.42 Å². The second kappa shape index (κ2) is 8.16. The lowest BCUT2D eigenvalue weighted by molar-refractivity contribution is -0.129. The Morgan fingerprint density at radius 1 is 1.33 bits per heavy atom. The van der Waals surface area contributed by atoms with E-state index in [-0.39, 0.29) is 35.9 Å². The molecule has 7 nitrogen and oxygen atoms in total. The van der Waals surface area contributed by atoms with Gasteiger partial charge in [-0.05, 0) is 38.4 Å². The molecule has 2 fully saturated rings. The van der Waals surface area contributed by atoms with Crippen molar-refractivity contribution in [1.29, 1.82) is 0 Å². The molecule has 0 aromatic heterocycles. The number of hydrogen-bond acceptors (Lipinski definition) is 5. The van der Waals surface area contributed by atoms with Gasteiger partial charge in [-0.15, -0.1) is 0 Å². The Morgan fingerprint density at radius 3 is 2.74 bits per heavy atom. The summed E-state index contributed by atoms with van der Waals surface area (Å²) in [6, 6.07) is 6.40. The number of sulfone groups is 1. The van der Waals surface area contributed by atoms with Gasteiger partial charge in [0.25, 0.3) is 0 Å². The summed E-state index contributed by atoms with van der Waals surface area (Å²) in [5.74, 6) is -0.202. The van der Waals surface area contributed by atoms with Crippen LogP contribution in [0.4, 0.5) is 5.69 Å². The number of piperidine rings is 1. The fraction of sp³-hybridized carbons (Fsp3) is 0.556. The van der Waals surface area contributed by atoms with Gasteiger partial charge in [0.05, 0.1) is 28.8 Å². The van der Waals surface area contributed by atoms with Crippen LogP contribution in [-0.2, 0) is 19.4 Å². The molecule has 2 aliphatic heterocycles. The van der Waals surface area contributed by atoms with Crippen LogP contribution in [0.25, 0.3) is 0 Å². The molecule has 0 aliphatic carbocycles. The van der Waals surface area contributed by atoms with Crippen molar-refractivity contribution < 1.29 is 18.0 Å². The highest BCUT2D eigenvalue weighted by atomic mass is 35.5. The number of anilines is 1. The van der Waals surface area contributed by atoms with Crippen molar-refractivity contribution >= 4 is 38.9 Å². The molecule has 1 aromatic rings. The lowest BCUT2D eigenvalue weighted by Crippen LogP contribution is -2.54. The first-order chi connectivity index (χ1) is 12.8. The number of hydrogen-bond donors (Lipinski definition) is 1. The molecular formula is C18H24ClN3O4S. The van der Waals surface area contributed by atoms with Crippen molar-refractivity contribution in [2.45, 2.75) is 31.3 Å². The first kappa shape index (κ1) is 20.1. The number of rotatable bonds is 5. The van der Waals surface area contributed by atoms with E-state index < -0.39 is 15.9 Å². The number of likely N-dealkylation sites (N-methyl/N-ethyl adjacent to an activating group) is 1.